The Kier molecular flexibility index (Phi) is 4.84. The Morgan fingerprint density at radius 3 is 2.96 bits per heavy atom. The van der Waals surface area contributed by atoms with Gasteiger partial charge in [0, 0.05) is 11.4 Å². The van der Waals surface area contributed by atoms with Crippen LogP contribution in [0.25, 0.3) is 10.2 Å². The van der Waals surface area contributed by atoms with Crippen LogP contribution in [0.15, 0.2) is 36.7 Å². The van der Waals surface area contributed by atoms with Crippen molar-refractivity contribution in [2.24, 2.45) is 5.92 Å². The van der Waals surface area contributed by atoms with Crippen LogP contribution in [0.2, 0.25) is 0 Å². The van der Waals surface area contributed by atoms with Gasteiger partial charge >= 0.3 is 0 Å². The van der Waals surface area contributed by atoms with Crippen molar-refractivity contribution in [1.82, 2.24) is 15.3 Å². The van der Waals surface area contributed by atoms with Gasteiger partial charge in [0.25, 0.3) is 0 Å². The number of benzene rings is 1. The van der Waals surface area contributed by atoms with Gasteiger partial charge in [-0.1, -0.05) is 37.3 Å². The molecule has 1 amide bonds. The first kappa shape index (κ1) is 17.0. The van der Waals surface area contributed by atoms with Crippen LogP contribution in [0, 0.1) is 5.92 Å². The second-order valence-corrected chi connectivity index (χ2v) is 7.95. The maximum Gasteiger partial charge on any atom is 0.239 e. The highest BCUT2D eigenvalue weighted by Gasteiger charge is 2.23. The Hall–Kier alpha value is -2.47. The number of aryl methyl sites for hydroxylation is 1. The predicted octanol–water partition coefficient (Wildman–Crippen LogP) is 3.54. The Morgan fingerprint density at radius 1 is 1.27 bits per heavy atom. The van der Waals surface area contributed by atoms with Crippen molar-refractivity contribution in [3.05, 3.63) is 52.7 Å². The highest BCUT2D eigenvalue weighted by Crippen LogP contribution is 2.39. The molecule has 134 valence electrons. The van der Waals surface area contributed by atoms with E-state index in [1.54, 1.807) is 17.7 Å². The van der Waals surface area contributed by atoms with E-state index in [1.165, 1.54) is 16.9 Å². The number of carbonyl (C=O) groups excluding carboxylic acids is 1. The number of anilines is 1. The molecular weight excluding hydrogens is 344 g/mol. The van der Waals surface area contributed by atoms with Gasteiger partial charge in [0.2, 0.25) is 5.91 Å². The molecular formula is C20H22N4OS. The van der Waals surface area contributed by atoms with Crippen LogP contribution < -0.4 is 10.6 Å². The normalized spacial score (nSPS) is 16.3. The summed E-state index contributed by atoms with van der Waals surface area (Å²) < 4.78 is 0. The van der Waals surface area contributed by atoms with E-state index in [0.717, 1.165) is 40.4 Å². The minimum Gasteiger partial charge on any atom is -0.360 e. The van der Waals surface area contributed by atoms with E-state index >= 15 is 0 Å². The molecule has 3 aromatic rings. The van der Waals surface area contributed by atoms with Crippen molar-refractivity contribution >= 4 is 33.3 Å². The molecule has 0 spiro atoms. The summed E-state index contributed by atoms with van der Waals surface area (Å²) in [5.41, 5.74) is 2.46. The van der Waals surface area contributed by atoms with E-state index in [2.05, 4.69) is 27.5 Å². The quantitative estimate of drug-likeness (QED) is 0.725. The van der Waals surface area contributed by atoms with Gasteiger partial charge in [-0.3, -0.25) is 4.79 Å². The Bertz CT molecular complexity index is 922. The van der Waals surface area contributed by atoms with Crippen molar-refractivity contribution in [3.63, 3.8) is 0 Å². The first-order chi connectivity index (χ1) is 12.7. The molecule has 1 unspecified atom stereocenters. The van der Waals surface area contributed by atoms with Gasteiger partial charge < -0.3 is 10.6 Å². The lowest BCUT2D eigenvalue weighted by atomic mass is 9.89. The summed E-state index contributed by atoms with van der Waals surface area (Å²) in [6, 6.07) is 9.91. The highest BCUT2D eigenvalue weighted by molar-refractivity contribution is 7.19. The topological polar surface area (TPSA) is 66.9 Å². The third-order valence-corrected chi connectivity index (χ3v) is 6.00. The number of amides is 1. The van der Waals surface area contributed by atoms with Gasteiger partial charge in [0.05, 0.1) is 11.9 Å². The van der Waals surface area contributed by atoms with Crippen molar-refractivity contribution in [2.75, 3.05) is 11.9 Å². The lowest BCUT2D eigenvalue weighted by Crippen LogP contribution is -2.29. The van der Waals surface area contributed by atoms with Crippen LogP contribution in [0.1, 0.15) is 29.3 Å². The number of rotatable bonds is 5. The van der Waals surface area contributed by atoms with E-state index in [-0.39, 0.29) is 12.5 Å². The minimum absolute atomic E-state index is 0.0432. The Morgan fingerprint density at radius 2 is 2.12 bits per heavy atom. The van der Waals surface area contributed by atoms with Crippen LogP contribution in [0.4, 0.5) is 5.82 Å². The SMILES string of the molecule is CC1CCc2c(sc3ncnc(NCC(=O)NCc4ccccc4)c23)C1. The Labute approximate surface area is 156 Å². The number of nitrogens with one attached hydrogen (secondary N) is 2. The number of nitrogens with zero attached hydrogens (tertiary/aromatic N) is 2. The first-order valence-electron chi connectivity index (χ1n) is 9.00. The maximum atomic E-state index is 12.2. The molecule has 1 aliphatic carbocycles. The van der Waals surface area contributed by atoms with E-state index in [4.69, 9.17) is 0 Å². The third-order valence-electron chi connectivity index (χ3n) is 4.84. The fourth-order valence-corrected chi connectivity index (χ4v) is 4.78. The van der Waals surface area contributed by atoms with E-state index in [9.17, 15) is 4.79 Å². The van der Waals surface area contributed by atoms with Gasteiger partial charge in [-0.15, -0.1) is 11.3 Å². The molecule has 0 radical (unpaired) electrons. The molecule has 5 nitrogen and oxygen atoms in total. The summed E-state index contributed by atoms with van der Waals surface area (Å²) in [4.78, 5) is 23.5. The largest absolute Gasteiger partial charge is 0.360 e. The van der Waals surface area contributed by atoms with Crippen molar-refractivity contribution < 1.29 is 4.79 Å². The molecule has 2 heterocycles. The number of hydrogen-bond acceptors (Lipinski definition) is 5. The monoisotopic (exact) mass is 366 g/mol. The van der Waals surface area contributed by atoms with Crippen molar-refractivity contribution in [1.29, 1.82) is 0 Å². The van der Waals surface area contributed by atoms with Gasteiger partial charge in [-0.25, -0.2) is 9.97 Å². The van der Waals surface area contributed by atoms with Gasteiger partial charge in [0.15, 0.2) is 0 Å². The summed E-state index contributed by atoms with van der Waals surface area (Å²) in [6.07, 6.45) is 4.97. The molecule has 1 aromatic carbocycles. The second kappa shape index (κ2) is 7.41. The third kappa shape index (κ3) is 3.55. The van der Waals surface area contributed by atoms with Gasteiger partial charge in [0.1, 0.15) is 17.0 Å². The predicted molar refractivity (Wildman–Crippen MR) is 105 cm³/mol. The van der Waals surface area contributed by atoms with Crippen LogP contribution in [-0.4, -0.2) is 22.4 Å². The minimum atomic E-state index is -0.0432. The molecule has 0 fully saturated rings. The molecule has 1 aliphatic rings. The lowest BCUT2D eigenvalue weighted by molar-refractivity contribution is -0.119. The zero-order valence-corrected chi connectivity index (χ0v) is 15.6. The number of carbonyl (C=O) groups is 1. The number of aromatic nitrogens is 2. The molecule has 0 bridgehead atoms. The zero-order chi connectivity index (χ0) is 17.9. The van der Waals surface area contributed by atoms with Crippen LogP contribution >= 0.6 is 11.3 Å². The van der Waals surface area contributed by atoms with Crippen molar-refractivity contribution in [2.45, 2.75) is 32.7 Å². The molecule has 1 atom stereocenters. The van der Waals surface area contributed by atoms with Crippen LogP contribution in [0.5, 0.6) is 0 Å². The molecule has 0 aliphatic heterocycles. The summed E-state index contributed by atoms with van der Waals surface area (Å²) in [5, 5.41) is 7.26. The summed E-state index contributed by atoms with van der Waals surface area (Å²) in [6.45, 7) is 3.04. The summed E-state index contributed by atoms with van der Waals surface area (Å²) >= 11 is 1.77. The van der Waals surface area contributed by atoms with Crippen LogP contribution in [0.3, 0.4) is 0 Å². The number of hydrogen-bond donors (Lipinski definition) is 2. The fourth-order valence-electron chi connectivity index (χ4n) is 3.43. The van der Waals surface area contributed by atoms with Crippen molar-refractivity contribution in [3.8, 4) is 0 Å². The fraction of sp³-hybridized carbons (Fsp3) is 0.350. The van der Waals surface area contributed by atoms with Crippen LogP contribution in [-0.2, 0) is 24.2 Å². The molecule has 26 heavy (non-hydrogen) atoms. The highest BCUT2D eigenvalue weighted by atomic mass is 32.1. The number of thiophene rings is 1. The molecule has 0 saturated heterocycles. The molecule has 0 saturated carbocycles. The second-order valence-electron chi connectivity index (χ2n) is 6.87. The first-order valence-corrected chi connectivity index (χ1v) is 9.82. The van der Waals surface area contributed by atoms with E-state index in [0.29, 0.717) is 6.54 Å². The lowest BCUT2D eigenvalue weighted by Gasteiger charge is -2.18. The zero-order valence-electron chi connectivity index (χ0n) is 14.8. The smallest absolute Gasteiger partial charge is 0.239 e. The van der Waals surface area contributed by atoms with Gasteiger partial charge in [-0.2, -0.15) is 0 Å². The van der Waals surface area contributed by atoms with E-state index < -0.39 is 0 Å². The summed E-state index contributed by atoms with van der Waals surface area (Å²) in [7, 11) is 0. The average Bonchev–Trinajstić information content (AvgIpc) is 3.03. The molecule has 2 aromatic heterocycles. The maximum absolute atomic E-state index is 12.2. The van der Waals surface area contributed by atoms with Gasteiger partial charge in [-0.05, 0) is 36.3 Å². The molecule has 2 N–H and O–H groups in total. The average molecular weight is 366 g/mol. The number of fused-ring (bicyclic) bond motifs is 3. The van der Waals surface area contributed by atoms with E-state index in [1.807, 2.05) is 30.3 Å². The molecule has 6 heteroatoms. The Balaban J connectivity index is 1.45. The molecule has 4 rings (SSSR count). The standard InChI is InChI=1S/C20H22N4OS/c1-13-7-8-15-16(9-13)26-20-18(15)19(23-12-24-20)22-11-17(25)21-10-14-5-3-2-4-6-14/h2-6,12-13H,7-11H2,1H3,(H,21,25)(H,22,23,24). The summed E-state index contributed by atoms with van der Waals surface area (Å²) in [5.74, 6) is 1.46.